The van der Waals surface area contributed by atoms with Gasteiger partial charge in [-0.3, -0.25) is 4.79 Å². The van der Waals surface area contributed by atoms with Crippen LogP contribution >= 0.6 is 0 Å². The molecule has 3 aromatic rings. The fraction of sp³-hybridized carbons (Fsp3) is 0.520. The van der Waals surface area contributed by atoms with Crippen molar-refractivity contribution < 1.29 is 9.53 Å². The van der Waals surface area contributed by atoms with Crippen molar-refractivity contribution in [2.24, 2.45) is 0 Å². The second-order valence-corrected chi connectivity index (χ2v) is 9.46. The second kappa shape index (κ2) is 8.09. The Morgan fingerprint density at radius 1 is 0.970 bits per heavy atom. The Labute approximate surface area is 193 Å². The van der Waals surface area contributed by atoms with Crippen LogP contribution in [0.1, 0.15) is 43.1 Å². The third-order valence-corrected chi connectivity index (χ3v) is 7.37. The molecule has 3 saturated heterocycles. The Balaban J connectivity index is 1.51. The van der Waals surface area contributed by atoms with Gasteiger partial charge < -0.3 is 19.1 Å². The van der Waals surface area contributed by atoms with Gasteiger partial charge in [0.2, 0.25) is 5.91 Å². The van der Waals surface area contributed by atoms with E-state index in [-0.39, 0.29) is 11.9 Å². The molecule has 3 aliphatic heterocycles. The number of aryl methyl sites for hydroxylation is 2. The van der Waals surface area contributed by atoms with Crippen LogP contribution in [-0.4, -0.2) is 69.2 Å². The van der Waals surface area contributed by atoms with E-state index in [0.29, 0.717) is 12.5 Å². The number of hydrogen-bond acceptors (Lipinski definition) is 6. The Kier molecular flexibility index (Phi) is 5.05. The molecule has 0 saturated carbocycles. The molecule has 0 radical (unpaired) electrons. The van der Waals surface area contributed by atoms with Gasteiger partial charge in [-0.25, -0.2) is 15.0 Å². The molecule has 0 N–H and O–H groups in total. The summed E-state index contributed by atoms with van der Waals surface area (Å²) in [5, 5.41) is 0. The van der Waals surface area contributed by atoms with Crippen molar-refractivity contribution in [3.63, 3.8) is 0 Å². The Bertz CT molecular complexity index is 1220. The fourth-order valence-corrected chi connectivity index (χ4v) is 5.65. The van der Waals surface area contributed by atoms with Crippen molar-refractivity contribution in [2.75, 3.05) is 37.7 Å². The zero-order valence-corrected chi connectivity index (χ0v) is 19.3. The zero-order valence-electron chi connectivity index (χ0n) is 19.3. The molecule has 0 aliphatic carbocycles. The maximum absolute atomic E-state index is 12.2. The van der Waals surface area contributed by atoms with Gasteiger partial charge in [-0.2, -0.15) is 0 Å². The molecule has 172 valence electrons. The normalized spacial score (nSPS) is 21.8. The van der Waals surface area contributed by atoms with Crippen LogP contribution in [0.3, 0.4) is 0 Å². The highest BCUT2D eigenvalue weighted by molar-refractivity contribution is 5.88. The van der Waals surface area contributed by atoms with E-state index in [2.05, 4.69) is 40.7 Å². The molecule has 2 aromatic heterocycles. The number of amides is 1. The van der Waals surface area contributed by atoms with Crippen molar-refractivity contribution in [3.8, 4) is 11.4 Å². The summed E-state index contributed by atoms with van der Waals surface area (Å²) >= 11 is 0. The van der Waals surface area contributed by atoms with E-state index >= 15 is 0 Å². The highest BCUT2D eigenvalue weighted by Crippen LogP contribution is 2.37. The minimum Gasteiger partial charge on any atom is -0.381 e. The van der Waals surface area contributed by atoms with Crippen LogP contribution < -0.4 is 4.90 Å². The van der Waals surface area contributed by atoms with E-state index in [1.807, 2.05) is 11.8 Å². The van der Waals surface area contributed by atoms with Gasteiger partial charge in [-0.1, -0.05) is 24.3 Å². The van der Waals surface area contributed by atoms with E-state index in [1.165, 1.54) is 5.56 Å². The number of benzene rings is 1. The Morgan fingerprint density at radius 2 is 1.79 bits per heavy atom. The van der Waals surface area contributed by atoms with Gasteiger partial charge in [0.15, 0.2) is 17.0 Å². The molecule has 3 aliphatic rings. The average Bonchev–Trinajstić information content (AvgIpc) is 3.39. The first-order valence-corrected chi connectivity index (χ1v) is 12.0. The van der Waals surface area contributed by atoms with Gasteiger partial charge in [-0.15, -0.1) is 0 Å². The lowest BCUT2D eigenvalue weighted by Gasteiger charge is -2.38. The van der Waals surface area contributed by atoms with Crippen LogP contribution in [0.5, 0.6) is 0 Å². The lowest BCUT2D eigenvalue weighted by Crippen LogP contribution is -2.51. The number of hydrogen-bond donors (Lipinski definition) is 0. The van der Waals surface area contributed by atoms with Gasteiger partial charge in [0.1, 0.15) is 11.6 Å². The van der Waals surface area contributed by atoms with E-state index in [1.54, 1.807) is 0 Å². The highest BCUT2D eigenvalue weighted by Gasteiger charge is 2.37. The minimum absolute atomic E-state index is 0.269. The number of imidazole rings is 1. The van der Waals surface area contributed by atoms with E-state index < -0.39 is 0 Å². The number of rotatable bonds is 3. The minimum atomic E-state index is 0.269. The lowest BCUT2D eigenvalue weighted by molar-refractivity contribution is -0.129. The summed E-state index contributed by atoms with van der Waals surface area (Å²) in [4.78, 5) is 31.6. The third-order valence-electron chi connectivity index (χ3n) is 7.37. The first-order chi connectivity index (χ1) is 16.1. The molecule has 33 heavy (non-hydrogen) atoms. The number of anilines is 1. The summed E-state index contributed by atoms with van der Waals surface area (Å²) < 4.78 is 8.00. The molecular formula is C25H30N6O2. The van der Waals surface area contributed by atoms with Gasteiger partial charge in [0, 0.05) is 56.9 Å². The number of carbonyl (C=O) groups excluding carboxylic acids is 1. The van der Waals surface area contributed by atoms with Crippen molar-refractivity contribution >= 4 is 22.9 Å². The van der Waals surface area contributed by atoms with Gasteiger partial charge in [-0.05, 0) is 38.7 Å². The van der Waals surface area contributed by atoms with Gasteiger partial charge in [0.05, 0.1) is 0 Å². The van der Waals surface area contributed by atoms with Crippen molar-refractivity contribution in [2.45, 2.75) is 51.6 Å². The fourth-order valence-electron chi connectivity index (χ4n) is 5.65. The number of nitrogens with zero attached hydrogens (tertiary/aromatic N) is 6. The Hall–Kier alpha value is -3.00. The molecule has 5 heterocycles. The monoisotopic (exact) mass is 446 g/mol. The second-order valence-electron chi connectivity index (χ2n) is 9.46. The summed E-state index contributed by atoms with van der Waals surface area (Å²) in [5.74, 6) is 2.91. The van der Waals surface area contributed by atoms with Crippen LogP contribution in [-0.2, 0) is 9.53 Å². The number of carbonyl (C=O) groups is 1. The summed E-state index contributed by atoms with van der Waals surface area (Å²) in [5.41, 5.74) is 4.11. The predicted octanol–water partition coefficient (Wildman–Crippen LogP) is 3.27. The molecule has 0 bridgehead atoms. The third kappa shape index (κ3) is 3.47. The molecular weight excluding hydrogens is 416 g/mol. The zero-order chi connectivity index (χ0) is 22.5. The van der Waals surface area contributed by atoms with Crippen molar-refractivity contribution in [1.29, 1.82) is 0 Å². The summed E-state index contributed by atoms with van der Waals surface area (Å²) in [6.07, 6.45) is 3.48. The largest absolute Gasteiger partial charge is 0.381 e. The molecule has 8 heteroatoms. The number of ether oxygens (including phenoxy) is 1. The standard InChI is InChI=1S/C25H30N6O2/c1-16-5-3-4-6-20(16)23-28-22-24(29-11-12-30-19(15-29)7-8-21(30)32)26-17(2)27-25(22)31(23)18-9-13-33-14-10-18/h3-6,18-19H,7-15H2,1-2H3. The molecule has 3 fully saturated rings. The average molecular weight is 447 g/mol. The molecule has 1 atom stereocenters. The van der Waals surface area contributed by atoms with Crippen molar-refractivity contribution in [1.82, 2.24) is 24.4 Å². The van der Waals surface area contributed by atoms with Crippen molar-refractivity contribution in [3.05, 3.63) is 35.7 Å². The van der Waals surface area contributed by atoms with Crippen LogP contribution in [0.15, 0.2) is 24.3 Å². The Morgan fingerprint density at radius 3 is 2.61 bits per heavy atom. The molecule has 6 rings (SSSR count). The van der Waals surface area contributed by atoms with Crippen LogP contribution in [0.25, 0.3) is 22.6 Å². The predicted molar refractivity (Wildman–Crippen MR) is 126 cm³/mol. The smallest absolute Gasteiger partial charge is 0.223 e. The molecule has 1 amide bonds. The number of piperazine rings is 1. The molecule has 1 aromatic carbocycles. The summed E-state index contributed by atoms with van der Waals surface area (Å²) in [6, 6.07) is 8.99. The highest BCUT2D eigenvalue weighted by atomic mass is 16.5. The quantitative estimate of drug-likeness (QED) is 0.615. The number of fused-ring (bicyclic) bond motifs is 2. The van der Waals surface area contributed by atoms with Crippen LogP contribution in [0.2, 0.25) is 0 Å². The topological polar surface area (TPSA) is 76.4 Å². The summed E-state index contributed by atoms with van der Waals surface area (Å²) in [6.45, 7) is 7.95. The molecule has 1 unspecified atom stereocenters. The van der Waals surface area contributed by atoms with E-state index in [4.69, 9.17) is 19.7 Å². The molecule has 0 spiro atoms. The van der Waals surface area contributed by atoms with Crippen LogP contribution in [0, 0.1) is 13.8 Å². The van der Waals surface area contributed by atoms with E-state index in [9.17, 15) is 4.79 Å². The lowest BCUT2D eigenvalue weighted by atomic mass is 10.1. The van der Waals surface area contributed by atoms with Gasteiger partial charge in [0.25, 0.3) is 0 Å². The molecule has 8 nitrogen and oxygen atoms in total. The van der Waals surface area contributed by atoms with Crippen LogP contribution in [0.4, 0.5) is 5.82 Å². The summed E-state index contributed by atoms with van der Waals surface area (Å²) in [7, 11) is 0. The maximum atomic E-state index is 12.2. The first kappa shape index (κ1) is 20.6. The van der Waals surface area contributed by atoms with Gasteiger partial charge >= 0.3 is 0 Å². The first-order valence-electron chi connectivity index (χ1n) is 12.0. The SMILES string of the molecule is Cc1nc(N2CCN3C(=O)CCC3C2)c2nc(-c3ccccc3C)n(C3CCOCC3)c2n1. The number of aromatic nitrogens is 4. The van der Waals surface area contributed by atoms with E-state index in [0.717, 1.165) is 86.3 Å². The maximum Gasteiger partial charge on any atom is 0.223 e.